The van der Waals surface area contributed by atoms with E-state index < -0.39 is 15.9 Å². The molecule has 0 saturated heterocycles. The van der Waals surface area contributed by atoms with Gasteiger partial charge in [-0.25, -0.2) is 8.42 Å². The quantitative estimate of drug-likeness (QED) is 0.755. The molecule has 0 unspecified atom stereocenters. The first-order valence-corrected chi connectivity index (χ1v) is 8.52. The van der Waals surface area contributed by atoms with Crippen LogP contribution in [0.1, 0.15) is 6.92 Å². The second kappa shape index (κ2) is 8.00. The topological polar surface area (TPSA) is 84.9 Å². The van der Waals surface area contributed by atoms with Gasteiger partial charge in [-0.15, -0.1) is 0 Å². The van der Waals surface area contributed by atoms with Crippen LogP contribution in [0, 0.1) is 0 Å². The van der Waals surface area contributed by atoms with E-state index in [1.54, 1.807) is 31.2 Å². The second-order valence-electron chi connectivity index (χ2n) is 4.90. The number of hydrogen-bond acceptors (Lipinski definition) is 5. The maximum Gasteiger partial charge on any atom is 0.241 e. The number of nitrogens with one attached hydrogen (secondary N) is 1. The minimum absolute atomic E-state index is 0.204. The van der Waals surface area contributed by atoms with E-state index in [1.807, 2.05) is 0 Å². The summed E-state index contributed by atoms with van der Waals surface area (Å²) in [4.78, 5) is 12.0. The van der Waals surface area contributed by atoms with Gasteiger partial charge in [0.2, 0.25) is 15.9 Å². The van der Waals surface area contributed by atoms with Crippen LogP contribution in [-0.4, -0.2) is 54.0 Å². The number of amides is 1. The van der Waals surface area contributed by atoms with Crippen LogP contribution in [0.3, 0.4) is 0 Å². The van der Waals surface area contributed by atoms with Crippen LogP contribution in [-0.2, 0) is 19.6 Å². The lowest BCUT2D eigenvalue weighted by atomic mass is 10.3. The number of ether oxygens (including phenoxy) is 2. The number of anilines is 1. The summed E-state index contributed by atoms with van der Waals surface area (Å²) in [5.41, 5.74) is 0.372. The number of hydrogen-bond donors (Lipinski definition) is 1. The fourth-order valence-corrected chi connectivity index (χ4v) is 2.76. The van der Waals surface area contributed by atoms with Crippen molar-refractivity contribution in [1.29, 1.82) is 0 Å². The fourth-order valence-electron chi connectivity index (χ4n) is 1.91. The van der Waals surface area contributed by atoms with E-state index >= 15 is 0 Å². The first-order chi connectivity index (χ1) is 10.3. The van der Waals surface area contributed by atoms with Crippen LogP contribution in [0.2, 0.25) is 0 Å². The smallest absolute Gasteiger partial charge is 0.241 e. The van der Waals surface area contributed by atoms with Gasteiger partial charge in [0.15, 0.2) is 0 Å². The number of sulfonamides is 1. The van der Waals surface area contributed by atoms with Crippen molar-refractivity contribution in [1.82, 2.24) is 5.32 Å². The van der Waals surface area contributed by atoms with Gasteiger partial charge in [0.1, 0.15) is 12.3 Å². The van der Waals surface area contributed by atoms with Crippen LogP contribution in [0.5, 0.6) is 5.75 Å². The van der Waals surface area contributed by atoms with Crippen LogP contribution in [0.25, 0.3) is 0 Å². The van der Waals surface area contributed by atoms with Crippen molar-refractivity contribution < 1.29 is 22.7 Å². The molecule has 0 spiro atoms. The zero-order valence-corrected chi connectivity index (χ0v) is 14.0. The zero-order valence-electron chi connectivity index (χ0n) is 13.2. The lowest BCUT2D eigenvalue weighted by molar-refractivity contribution is -0.120. The Morgan fingerprint density at radius 1 is 1.36 bits per heavy atom. The van der Waals surface area contributed by atoms with Gasteiger partial charge >= 0.3 is 0 Å². The van der Waals surface area contributed by atoms with Crippen molar-refractivity contribution in [2.24, 2.45) is 0 Å². The number of carbonyl (C=O) groups is 1. The summed E-state index contributed by atoms with van der Waals surface area (Å²) in [5, 5.41) is 2.68. The minimum atomic E-state index is -3.60. The predicted molar refractivity (Wildman–Crippen MR) is 84.7 cm³/mol. The van der Waals surface area contributed by atoms with Gasteiger partial charge in [-0.3, -0.25) is 9.10 Å². The Morgan fingerprint density at radius 2 is 2.05 bits per heavy atom. The summed E-state index contributed by atoms with van der Waals surface area (Å²) in [7, 11) is -0.582. The third-order valence-corrected chi connectivity index (χ3v) is 3.99. The molecule has 0 aliphatic carbocycles. The highest BCUT2D eigenvalue weighted by atomic mass is 32.2. The molecule has 0 fully saturated rings. The molecule has 0 aliphatic rings. The highest BCUT2D eigenvalue weighted by Crippen LogP contribution is 2.22. The first kappa shape index (κ1) is 18.2. The van der Waals surface area contributed by atoms with Crippen molar-refractivity contribution in [3.63, 3.8) is 0 Å². The highest BCUT2D eigenvalue weighted by molar-refractivity contribution is 7.92. The van der Waals surface area contributed by atoms with Crippen molar-refractivity contribution in [3.8, 4) is 5.75 Å². The van der Waals surface area contributed by atoms with E-state index in [0.29, 0.717) is 18.0 Å². The Hall–Kier alpha value is -1.80. The standard InChI is InChI=1S/C14H22N2O5S/c1-11(10-20-2)15-14(17)9-16(22(4,18)19)12-6-5-7-13(8-12)21-3/h5-8,11H,9-10H2,1-4H3,(H,15,17)/t11-/m0/s1. The lowest BCUT2D eigenvalue weighted by Crippen LogP contribution is -2.44. The molecule has 1 amide bonds. The average molecular weight is 330 g/mol. The van der Waals surface area contributed by atoms with Gasteiger partial charge in [-0.2, -0.15) is 0 Å². The normalized spacial score (nSPS) is 12.5. The maximum absolute atomic E-state index is 12.0. The molecular weight excluding hydrogens is 308 g/mol. The van der Waals surface area contributed by atoms with Crippen molar-refractivity contribution in [3.05, 3.63) is 24.3 Å². The Bertz CT molecular complexity index is 603. The lowest BCUT2D eigenvalue weighted by Gasteiger charge is -2.23. The molecule has 7 nitrogen and oxygen atoms in total. The molecule has 0 heterocycles. The van der Waals surface area contributed by atoms with E-state index in [9.17, 15) is 13.2 Å². The van der Waals surface area contributed by atoms with Crippen molar-refractivity contribution >= 4 is 21.6 Å². The molecule has 1 N–H and O–H groups in total. The van der Waals surface area contributed by atoms with Crippen molar-refractivity contribution in [2.45, 2.75) is 13.0 Å². The van der Waals surface area contributed by atoms with Crippen molar-refractivity contribution in [2.75, 3.05) is 37.9 Å². The molecule has 1 atom stereocenters. The van der Waals surface area contributed by atoms with E-state index in [0.717, 1.165) is 10.6 Å². The van der Waals surface area contributed by atoms with Gasteiger partial charge in [0, 0.05) is 19.2 Å². The molecule has 0 aromatic heterocycles. The number of rotatable bonds is 8. The molecule has 0 saturated carbocycles. The highest BCUT2D eigenvalue weighted by Gasteiger charge is 2.22. The molecule has 1 rings (SSSR count). The SMILES string of the molecule is COC[C@H](C)NC(=O)CN(c1cccc(OC)c1)S(C)(=O)=O. The van der Waals surface area contributed by atoms with Gasteiger partial charge in [0.25, 0.3) is 0 Å². The third-order valence-electron chi connectivity index (χ3n) is 2.85. The number of methoxy groups -OCH3 is 2. The van der Waals surface area contributed by atoms with E-state index in [2.05, 4.69) is 5.32 Å². The Morgan fingerprint density at radius 3 is 2.59 bits per heavy atom. The minimum Gasteiger partial charge on any atom is -0.497 e. The maximum atomic E-state index is 12.0. The molecule has 0 aliphatic heterocycles. The molecule has 124 valence electrons. The summed E-state index contributed by atoms with van der Waals surface area (Å²) in [6.07, 6.45) is 1.05. The Kier molecular flexibility index (Phi) is 6.63. The van der Waals surface area contributed by atoms with E-state index in [4.69, 9.17) is 9.47 Å². The van der Waals surface area contributed by atoms with Gasteiger partial charge in [-0.05, 0) is 19.1 Å². The zero-order chi connectivity index (χ0) is 16.8. The van der Waals surface area contributed by atoms with Crippen LogP contribution < -0.4 is 14.4 Å². The fraction of sp³-hybridized carbons (Fsp3) is 0.500. The molecule has 1 aromatic carbocycles. The number of nitrogens with zero attached hydrogens (tertiary/aromatic N) is 1. The Balaban J connectivity index is 2.93. The van der Waals surface area contributed by atoms with Crippen LogP contribution >= 0.6 is 0 Å². The number of carbonyl (C=O) groups excluding carboxylic acids is 1. The summed E-state index contributed by atoms with van der Waals surface area (Å²) in [6, 6.07) is 6.33. The molecule has 0 radical (unpaired) electrons. The van der Waals surface area contributed by atoms with Gasteiger partial charge in [-0.1, -0.05) is 6.07 Å². The monoisotopic (exact) mass is 330 g/mol. The summed E-state index contributed by atoms with van der Waals surface area (Å²) in [5.74, 6) is 0.108. The molecule has 1 aromatic rings. The summed E-state index contributed by atoms with van der Waals surface area (Å²) >= 11 is 0. The molecule has 0 bridgehead atoms. The van der Waals surface area contributed by atoms with Crippen LogP contribution in [0.15, 0.2) is 24.3 Å². The largest absolute Gasteiger partial charge is 0.497 e. The molecule has 8 heteroatoms. The molecular formula is C14H22N2O5S. The first-order valence-electron chi connectivity index (χ1n) is 6.68. The van der Waals surface area contributed by atoms with E-state index in [-0.39, 0.29) is 12.6 Å². The van der Waals surface area contributed by atoms with Gasteiger partial charge < -0.3 is 14.8 Å². The second-order valence-corrected chi connectivity index (χ2v) is 6.80. The third kappa shape index (κ3) is 5.53. The molecule has 22 heavy (non-hydrogen) atoms. The average Bonchev–Trinajstić information content (AvgIpc) is 2.43. The predicted octanol–water partition coefficient (Wildman–Crippen LogP) is 0.612. The Labute approximate surface area is 131 Å². The van der Waals surface area contributed by atoms with Crippen LogP contribution in [0.4, 0.5) is 5.69 Å². The number of benzene rings is 1. The van der Waals surface area contributed by atoms with Gasteiger partial charge in [0.05, 0.1) is 25.7 Å². The summed E-state index contributed by atoms with van der Waals surface area (Å²) in [6.45, 7) is 1.82. The summed E-state index contributed by atoms with van der Waals surface area (Å²) < 4.78 is 35.0. The van der Waals surface area contributed by atoms with E-state index in [1.165, 1.54) is 14.2 Å².